The molecule has 8 fully saturated rings. The average Bonchev–Trinajstić information content (AvgIpc) is 3.93. The lowest BCUT2D eigenvalue weighted by Gasteiger charge is -2.63. The van der Waals surface area contributed by atoms with E-state index in [4.69, 9.17) is 19.9 Å². The molecule has 4 N–H and O–H groups in total. The predicted octanol–water partition coefficient (Wildman–Crippen LogP) is 4.88. The van der Waals surface area contributed by atoms with Gasteiger partial charge in [0.2, 0.25) is 5.91 Å². The van der Waals surface area contributed by atoms with E-state index in [-0.39, 0.29) is 69.9 Å². The summed E-state index contributed by atoms with van der Waals surface area (Å²) in [4.78, 5) is 14.9. The van der Waals surface area contributed by atoms with Crippen molar-refractivity contribution < 1.29 is 29.2 Å². The monoisotopic (exact) mass is 642 g/mol. The van der Waals surface area contributed by atoms with Gasteiger partial charge in [-0.2, -0.15) is 0 Å². The lowest BCUT2D eigenvalue weighted by Crippen LogP contribution is -2.70. The van der Waals surface area contributed by atoms with Gasteiger partial charge >= 0.3 is 0 Å². The highest BCUT2D eigenvalue weighted by atomic mass is 16.7. The molecule has 0 aromatic rings. The number of amides is 1. The molecule has 6 saturated carbocycles. The summed E-state index contributed by atoms with van der Waals surface area (Å²) in [6, 6.07) is 0. The van der Waals surface area contributed by atoms with E-state index < -0.39 is 17.7 Å². The first-order chi connectivity index (χ1) is 21.7. The fraction of sp³-hybridized carbons (Fsp3) is 0.974. The number of ether oxygens (including phenoxy) is 3. The van der Waals surface area contributed by atoms with Crippen LogP contribution in [0.3, 0.4) is 0 Å². The largest absolute Gasteiger partial charge is 0.390 e. The highest BCUT2D eigenvalue weighted by Gasteiger charge is 2.85. The van der Waals surface area contributed by atoms with E-state index in [2.05, 4.69) is 27.7 Å². The Kier molecular flexibility index (Phi) is 7.49. The Morgan fingerprint density at radius 2 is 1.76 bits per heavy atom. The normalized spacial score (nSPS) is 53.0. The molecule has 0 radical (unpaired) electrons. The number of morpholine rings is 1. The number of aliphatic hydroxyl groups excluding tert-OH is 2. The Morgan fingerprint density at radius 1 is 1.04 bits per heavy atom. The van der Waals surface area contributed by atoms with Crippen LogP contribution in [0, 0.1) is 57.2 Å². The van der Waals surface area contributed by atoms with Gasteiger partial charge in [-0.15, -0.1) is 0 Å². The fourth-order valence-corrected chi connectivity index (χ4v) is 13.6. The minimum absolute atomic E-state index is 0.0149. The molecular formula is C38H62N2O6. The third-order valence-corrected chi connectivity index (χ3v) is 16.2. The molecule has 8 unspecified atom stereocenters. The van der Waals surface area contributed by atoms with Crippen LogP contribution >= 0.6 is 0 Å². The number of carbonyl (C=O) groups is 1. The van der Waals surface area contributed by atoms with Crippen LogP contribution in [0.15, 0.2) is 0 Å². The van der Waals surface area contributed by atoms with Gasteiger partial charge in [-0.25, -0.2) is 0 Å². The van der Waals surface area contributed by atoms with Crippen molar-refractivity contribution in [1.82, 2.24) is 4.90 Å². The zero-order chi connectivity index (χ0) is 32.6. The molecule has 2 saturated heterocycles. The zero-order valence-corrected chi connectivity index (χ0v) is 29.4. The number of carbonyl (C=O) groups excluding carboxylic acids is 1. The summed E-state index contributed by atoms with van der Waals surface area (Å²) in [5, 5.41) is 23.3. The smallest absolute Gasteiger partial charge is 0.223 e. The molecule has 8 nitrogen and oxygen atoms in total. The molecule has 46 heavy (non-hydrogen) atoms. The van der Waals surface area contributed by atoms with E-state index >= 15 is 0 Å². The summed E-state index contributed by atoms with van der Waals surface area (Å²) >= 11 is 0. The standard InChI is InChI=1S/C38H62N2O6/c1-21(2)31(42)24-17-22(3)30-32(45-24)33(43)38(39)26-10-9-25-34(4,5)27(11-12-36(25)20-37(26,36)14-13-35(30,38)6)46-29-19-40(15-16-44-29)28(41)18-23-7-8-23/h21-27,29-33,42-43H,7-20,39H2,1-6H3/t22-,24?,25+,26?,27?,29+,30+,31?,32?,33+,35?,36?,37?,38+/m1/s1. The number of hydrogen-bond acceptors (Lipinski definition) is 7. The van der Waals surface area contributed by atoms with Crippen molar-refractivity contribution in [3.63, 3.8) is 0 Å². The third-order valence-electron chi connectivity index (χ3n) is 16.2. The molecule has 2 aliphatic heterocycles. The van der Waals surface area contributed by atoms with Crippen LogP contribution in [0.5, 0.6) is 0 Å². The maximum absolute atomic E-state index is 12.9. The van der Waals surface area contributed by atoms with Crippen LogP contribution in [0.25, 0.3) is 0 Å². The van der Waals surface area contributed by atoms with Gasteiger partial charge in [0.05, 0.1) is 49.2 Å². The SMILES string of the molecule is CC(C)C(O)C1C[C@@H](C)[C@H]2C(O1)[C@H](O)[C@@]1(N)C3CC[C@H]4C(C)(C)C(O[C@H]5CN(C(=O)CC6CC6)CCO5)CCC45CC35CCC21C. The van der Waals surface area contributed by atoms with Gasteiger partial charge in [0, 0.05) is 13.0 Å². The number of nitrogens with zero attached hydrogens (tertiary/aromatic N) is 1. The van der Waals surface area contributed by atoms with Crippen LogP contribution in [0.4, 0.5) is 0 Å². The first kappa shape index (κ1) is 32.4. The second-order valence-electron chi connectivity index (χ2n) is 18.9. The van der Waals surface area contributed by atoms with Crippen LogP contribution < -0.4 is 5.73 Å². The van der Waals surface area contributed by atoms with Crippen LogP contribution in [-0.2, 0) is 19.0 Å². The number of aliphatic hydroxyl groups is 2. The summed E-state index contributed by atoms with van der Waals surface area (Å²) in [6.07, 6.45) is 9.58. The molecule has 14 atom stereocenters. The van der Waals surface area contributed by atoms with E-state index in [9.17, 15) is 15.0 Å². The van der Waals surface area contributed by atoms with Crippen molar-refractivity contribution in [3.05, 3.63) is 0 Å². The quantitative estimate of drug-likeness (QED) is 0.379. The van der Waals surface area contributed by atoms with Crippen molar-refractivity contribution in [2.45, 2.75) is 155 Å². The number of fused-ring (bicyclic) bond motifs is 4. The van der Waals surface area contributed by atoms with Gasteiger partial charge in [0.15, 0.2) is 6.29 Å². The van der Waals surface area contributed by atoms with Gasteiger partial charge < -0.3 is 35.1 Å². The van der Waals surface area contributed by atoms with E-state index in [0.29, 0.717) is 43.9 Å². The predicted molar refractivity (Wildman–Crippen MR) is 174 cm³/mol. The summed E-state index contributed by atoms with van der Waals surface area (Å²) in [5.74, 6) is 2.34. The number of hydrogen-bond donors (Lipinski definition) is 3. The van der Waals surface area contributed by atoms with Gasteiger partial charge in [0.1, 0.15) is 0 Å². The minimum Gasteiger partial charge on any atom is -0.390 e. The molecule has 0 aromatic carbocycles. The molecule has 0 bridgehead atoms. The average molecular weight is 643 g/mol. The molecule has 2 heterocycles. The van der Waals surface area contributed by atoms with Crippen molar-refractivity contribution >= 4 is 5.91 Å². The lowest BCUT2D eigenvalue weighted by molar-refractivity contribution is -0.245. The highest BCUT2D eigenvalue weighted by Crippen LogP contribution is 2.87. The Morgan fingerprint density at radius 3 is 2.48 bits per heavy atom. The Balaban J connectivity index is 1.01. The van der Waals surface area contributed by atoms with Crippen LogP contribution in [-0.4, -0.2) is 83.1 Å². The molecule has 260 valence electrons. The molecule has 2 spiro atoms. The van der Waals surface area contributed by atoms with E-state index in [1.165, 1.54) is 25.7 Å². The van der Waals surface area contributed by atoms with Crippen molar-refractivity contribution in [2.24, 2.45) is 62.9 Å². The molecule has 1 amide bonds. The fourth-order valence-electron chi connectivity index (χ4n) is 13.6. The maximum atomic E-state index is 12.9. The van der Waals surface area contributed by atoms with Crippen LogP contribution in [0.1, 0.15) is 112 Å². The maximum Gasteiger partial charge on any atom is 0.223 e. The van der Waals surface area contributed by atoms with Crippen molar-refractivity contribution in [1.29, 1.82) is 0 Å². The third kappa shape index (κ3) is 4.28. The molecule has 0 aromatic heterocycles. The Labute approximate surface area is 276 Å². The number of nitrogens with two attached hydrogens (primary N) is 1. The van der Waals surface area contributed by atoms with Crippen LogP contribution in [0.2, 0.25) is 0 Å². The molecule has 8 aliphatic rings. The van der Waals surface area contributed by atoms with Gasteiger partial charge in [-0.05, 0) is 121 Å². The second kappa shape index (κ2) is 10.6. The van der Waals surface area contributed by atoms with Gasteiger partial charge in [0.25, 0.3) is 0 Å². The van der Waals surface area contributed by atoms with E-state index in [1.54, 1.807) is 0 Å². The molecule has 8 rings (SSSR count). The lowest BCUT2D eigenvalue weighted by atomic mass is 9.43. The Bertz CT molecular complexity index is 1220. The van der Waals surface area contributed by atoms with Crippen molar-refractivity contribution in [2.75, 3.05) is 19.7 Å². The zero-order valence-electron chi connectivity index (χ0n) is 29.4. The first-order valence-electron chi connectivity index (χ1n) is 19.0. The first-order valence-corrected chi connectivity index (χ1v) is 19.0. The van der Waals surface area contributed by atoms with E-state index in [1.807, 2.05) is 18.7 Å². The summed E-state index contributed by atoms with van der Waals surface area (Å²) < 4.78 is 19.6. The minimum atomic E-state index is -0.717. The Hall–Kier alpha value is -0.770. The van der Waals surface area contributed by atoms with Crippen molar-refractivity contribution in [3.8, 4) is 0 Å². The molecular weight excluding hydrogens is 580 g/mol. The molecule has 8 heteroatoms. The highest BCUT2D eigenvalue weighted by molar-refractivity contribution is 5.76. The topological polar surface area (TPSA) is 114 Å². The summed E-state index contributed by atoms with van der Waals surface area (Å²) in [7, 11) is 0. The summed E-state index contributed by atoms with van der Waals surface area (Å²) in [5.41, 5.74) is 7.29. The van der Waals surface area contributed by atoms with E-state index in [0.717, 1.165) is 38.5 Å². The second-order valence-corrected chi connectivity index (χ2v) is 18.9. The van der Waals surface area contributed by atoms with Gasteiger partial charge in [-0.3, -0.25) is 4.79 Å². The summed E-state index contributed by atoms with van der Waals surface area (Å²) in [6.45, 7) is 15.4. The number of rotatable bonds is 6. The van der Waals surface area contributed by atoms with Gasteiger partial charge in [-0.1, -0.05) is 41.5 Å². The molecule has 6 aliphatic carbocycles.